The molecule has 1 aliphatic rings. The predicted octanol–water partition coefficient (Wildman–Crippen LogP) is 2.32. The molecule has 17 heavy (non-hydrogen) atoms. The minimum Gasteiger partial charge on any atom is -0.469 e. The summed E-state index contributed by atoms with van der Waals surface area (Å²) in [7, 11) is 1.45. The fourth-order valence-electron chi connectivity index (χ4n) is 2.22. The molecule has 0 saturated heterocycles. The molecule has 1 saturated carbocycles. The highest BCUT2D eigenvalue weighted by Crippen LogP contribution is 2.49. The van der Waals surface area contributed by atoms with Crippen LogP contribution in [0.15, 0.2) is 29.0 Å². The van der Waals surface area contributed by atoms with Gasteiger partial charge in [-0.05, 0) is 37.0 Å². The monoisotopic (exact) mass is 231 g/mol. The molecular weight excluding hydrogens is 218 g/mol. The Hall–Kier alpha value is -1.84. The second-order valence-electron chi connectivity index (χ2n) is 4.60. The van der Waals surface area contributed by atoms with Crippen molar-refractivity contribution in [1.82, 2.24) is 4.98 Å². The molecule has 0 amide bonds. The van der Waals surface area contributed by atoms with Crippen molar-refractivity contribution in [2.75, 3.05) is 7.11 Å². The lowest BCUT2D eigenvalue weighted by atomic mass is 9.96. The third-order valence-corrected chi connectivity index (χ3v) is 3.41. The van der Waals surface area contributed by atoms with Gasteiger partial charge in [-0.3, -0.25) is 4.79 Å². The first kappa shape index (κ1) is 10.3. The Bertz CT molecular complexity index is 569. The molecule has 4 heteroatoms. The van der Waals surface area contributed by atoms with Gasteiger partial charge in [0.2, 0.25) is 0 Å². The minimum absolute atomic E-state index is 0.102. The number of carbonyl (C=O) groups is 1. The highest BCUT2D eigenvalue weighted by Gasteiger charge is 2.50. The van der Waals surface area contributed by atoms with Crippen LogP contribution in [0, 0.1) is 5.41 Å². The van der Waals surface area contributed by atoms with Crippen molar-refractivity contribution in [1.29, 1.82) is 0 Å². The van der Waals surface area contributed by atoms with Gasteiger partial charge >= 0.3 is 5.97 Å². The highest BCUT2D eigenvalue weighted by atomic mass is 16.5. The van der Waals surface area contributed by atoms with Gasteiger partial charge < -0.3 is 9.15 Å². The first-order valence-corrected chi connectivity index (χ1v) is 5.64. The van der Waals surface area contributed by atoms with Crippen molar-refractivity contribution in [3.63, 3.8) is 0 Å². The van der Waals surface area contributed by atoms with E-state index in [1.165, 1.54) is 13.5 Å². The molecule has 1 aromatic carbocycles. The van der Waals surface area contributed by atoms with Crippen LogP contribution >= 0.6 is 0 Å². The van der Waals surface area contributed by atoms with E-state index < -0.39 is 0 Å². The van der Waals surface area contributed by atoms with Crippen LogP contribution in [-0.4, -0.2) is 18.1 Å². The number of esters is 1. The minimum atomic E-state index is -0.289. The van der Waals surface area contributed by atoms with Crippen LogP contribution in [0.4, 0.5) is 0 Å². The number of oxazole rings is 1. The van der Waals surface area contributed by atoms with Crippen LogP contribution in [0.3, 0.4) is 0 Å². The smallest absolute Gasteiger partial charge is 0.312 e. The average Bonchev–Trinajstić information content (AvgIpc) is 2.97. The molecule has 0 spiro atoms. The van der Waals surface area contributed by atoms with Gasteiger partial charge in [0.15, 0.2) is 12.0 Å². The molecule has 4 nitrogen and oxygen atoms in total. The third-order valence-electron chi connectivity index (χ3n) is 3.41. The van der Waals surface area contributed by atoms with Crippen LogP contribution in [0.25, 0.3) is 11.1 Å². The normalized spacial score (nSPS) is 17.0. The fourth-order valence-corrected chi connectivity index (χ4v) is 2.22. The largest absolute Gasteiger partial charge is 0.469 e. The summed E-state index contributed by atoms with van der Waals surface area (Å²) >= 11 is 0. The molecule has 0 N–H and O–H groups in total. The predicted molar refractivity (Wildman–Crippen MR) is 61.4 cm³/mol. The summed E-state index contributed by atoms with van der Waals surface area (Å²) < 4.78 is 10.1. The summed E-state index contributed by atoms with van der Waals surface area (Å²) in [6.07, 6.45) is 3.97. The van der Waals surface area contributed by atoms with E-state index in [1.54, 1.807) is 0 Å². The summed E-state index contributed by atoms with van der Waals surface area (Å²) in [5.41, 5.74) is 2.42. The number of carbonyl (C=O) groups excluding carboxylic acids is 1. The van der Waals surface area contributed by atoms with E-state index in [1.807, 2.05) is 18.2 Å². The van der Waals surface area contributed by atoms with Crippen molar-refractivity contribution in [2.24, 2.45) is 5.41 Å². The van der Waals surface area contributed by atoms with Crippen LogP contribution in [0.2, 0.25) is 0 Å². The van der Waals surface area contributed by atoms with Gasteiger partial charge in [0.1, 0.15) is 5.52 Å². The summed E-state index contributed by atoms with van der Waals surface area (Å²) in [6, 6.07) is 5.86. The molecular formula is C13H13NO3. The molecule has 0 radical (unpaired) electrons. The zero-order chi connectivity index (χ0) is 11.9. The van der Waals surface area contributed by atoms with Crippen molar-refractivity contribution in [3.8, 4) is 0 Å². The summed E-state index contributed by atoms with van der Waals surface area (Å²) in [5, 5.41) is 0. The Kier molecular flexibility index (Phi) is 2.18. The number of methoxy groups -OCH3 is 1. The molecule has 0 bridgehead atoms. The number of benzene rings is 1. The Morgan fingerprint density at radius 2 is 2.35 bits per heavy atom. The molecule has 1 heterocycles. The number of hydrogen-bond acceptors (Lipinski definition) is 4. The highest BCUT2D eigenvalue weighted by molar-refractivity contribution is 5.80. The zero-order valence-electron chi connectivity index (χ0n) is 9.60. The summed E-state index contributed by atoms with van der Waals surface area (Å²) in [4.78, 5) is 15.7. The van der Waals surface area contributed by atoms with Gasteiger partial charge in [-0.15, -0.1) is 0 Å². The van der Waals surface area contributed by atoms with Crippen LogP contribution < -0.4 is 0 Å². The van der Waals surface area contributed by atoms with Crippen LogP contribution in [-0.2, 0) is 16.0 Å². The average molecular weight is 231 g/mol. The summed E-state index contributed by atoms with van der Waals surface area (Å²) in [6.45, 7) is 0. The topological polar surface area (TPSA) is 52.3 Å². The molecule has 88 valence electrons. The molecule has 2 aromatic rings. The number of ether oxygens (including phenoxy) is 1. The second-order valence-corrected chi connectivity index (χ2v) is 4.60. The van der Waals surface area contributed by atoms with E-state index in [4.69, 9.17) is 9.15 Å². The SMILES string of the molecule is COC(=O)C1(Cc2ccc3ncoc3c2)CC1. The van der Waals surface area contributed by atoms with Gasteiger partial charge in [0.05, 0.1) is 12.5 Å². The maximum atomic E-state index is 11.7. The van der Waals surface area contributed by atoms with Crippen molar-refractivity contribution < 1.29 is 13.9 Å². The van der Waals surface area contributed by atoms with Gasteiger partial charge in [-0.25, -0.2) is 4.98 Å². The number of aromatic nitrogens is 1. The molecule has 0 atom stereocenters. The van der Waals surface area contributed by atoms with E-state index in [-0.39, 0.29) is 11.4 Å². The third kappa shape index (κ3) is 1.69. The van der Waals surface area contributed by atoms with E-state index in [2.05, 4.69) is 4.98 Å². The molecule has 1 fully saturated rings. The van der Waals surface area contributed by atoms with Crippen molar-refractivity contribution in [3.05, 3.63) is 30.2 Å². The fraction of sp³-hybridized carbons (Fsp3) is 0.385. The maximum absolute atomic E-state index is 11.7. The molecule has 1 aliphatic carbocycles. The van der Waals surface area contributed by atoms with Gasteiger partial charge in [-0.2, -0.15) is 0 Å². The number of rotatable bonds is 3. The lowest BCUT2D eigenvalue weighted by molar-refractivity contribution is -0.147. The van der Waals surface area contributed by atoms with Gasteiger partial charge in [0.25, 0.3) is 0 Å². The van der Waals surface area contributed by atoms with E-state index in [0.29, 0.717) is 0 Å². The van der Waals surface area contributed by atoms with E-state index >= 15 is 0 Å². The first-order valence-electron chi connectivity index (χ1n) is 5.64. The molecule has 0 aliphatic heterocycles. The molecule has 0 unspecified atom stereocenters. The Morgan fingerprint density at radius 1 is 1.53 bits per heavy atom. The first-order chi connectivity index (χ1) is 8.23. The lowest BCUT2D eigenvalue weighted by Crippen LogP contribution is -2.19. The van der Waals surface area contributed by atoms with Gasteiger partial charge in [-0.1, -0.05) is 6.07 Å². The molecule has 1 aromatic heterocycles. The quantitative estimate of drug-likeness (QED) is 0.761. The van der Waals surface area contributed by atoms with Crippen LogP contribution in [0.5, 0.6) is 0 Å². The molecule has 3 rings (SSSR count). The number of fused-ring (bicyclic) bond motifs is 1. The summed E-state index contributed by atoms with van der Waals surface area (Å²) in [5.74, 6) is -0.102. The van der Waals surface area contributed by atoms with Crippen molar-refractivity contribution in [2.45, 2.75) is 19.3 Å². The lowest BCUT2D eigenvalue weighted by Gasteiger charge is -2.11. The number of hydrogen-bond donors (Lipinski definition) is 0. The van der Waals surface area contributed by atoms with E-state index in [9.17, 15) is 4.79 Å². The Balaban J connectivity index is 1.87. The Labute approximate surface area is 98.6 Å². The number of nitrogens with zero attached hydrogens (tertiary/aromatic N) is 1. The van der Waals surface area contributed by atoms with Crippen molar-refractivity contribution >= 4 is 17.1 Å². The van der Waals surface area contributed by atoms with Crippen LogP contribution in [0.1, 0.15) is 18.4 Å². The van der Waals surface area contributed by atoms with E-state index in [0.717, 1.165) is 35.9 Å². The maximum Gasteiger partial charge on any atom is 0.312 e. The second kappa shape index (κ2) is 3.58. The standard InChI is InChI=1S/C13H13NO3/c1-16-12(15)13(4-5-13)7-9-2-3-10-11(6-9)17-8-14-10/h2-3,6,8H,4-5,7H2,1H3. The van der Waals surface area contributed by atoms with Gasteiger partial charge in [0, 0.05) is 0 Å². The zero-order valence-corrected chi connectivity index (χ0v) is 9.60. The Morgan fingerprint density at radius 3 is 3.06 bits per heavy atom.